The molecule has 6 amide bonds. The number of urea groups is 1. The number of nitrogens with one attached hydrogen (secondary N) is 6. The fraction of sp³-hybridized carbons (Fsp3) is 0.534. The van der Waals surface area contributed by atoms with E-state index >= 15 is 0 Å². The summed E-state index contributed by atoms with van der Waals surface area (Å²) in [4.78, 5) is 144. The molecule has 1 saturated heterocycles. The third-order valence-electron chi connectivity index (χ3n) is 14.9. The Labute approximate surface area is 492 Å². The van der Waals surface area contributed by atoms with E-state index in [1.165, 1.54) is 0 Å². The van der Waals surface area contributed by atoms with Gasteiger partial charge in [0.2, 0.25) is 23.6 Å². The van der Waals surface area contributed by atoms with Gasteiger partial charge in [0.05, 0.1) is 26.2 Å². The Balaban J connectivity index is 1.16. The van der Waals surface area contributed by atoms with Crippen LogP contribution in [0.1, 0.15) is 68.9 Å². The minimum absolute atomic E-state index is 0.00889. The lowest BCUT2D eigenvalue weighted by atomic mass is 9.81. The standard InChI is InChI=1S/C58H80N10O17/c69-38-85-49(64-58(84)63-45(57(82)83)19-20-50(71)72)12-6-7-21-59-55(80)47(32-41-15-16-42-10-4-5-11-44(42)30-41)62-54(79)43-17-13-40(14-18-43)33-60-56(81)46(31-39-8-2-1-3-9-39)61-48(70)34-65-22-24-66(35-51(73)74)26-28-68(37-53(77)78)29-27-67(25-23-65)36-52(75)76/h1-5,8-11,15-16,30,38,40,43,45-47,49H,6-7,12-14,17-29,31-37H2,(H,59,80)(H,60,81)(H,61,70)(H,62,79)(H,71,72)(H,73,74)(H,75,76)(H,77,78)(H,82,83)(H2,63,64,84)/t40?,43?,45-,46-,47-,49+/m0/s1. The number of ether oxygens (including phenoxy) is 1. The molecule has 85 heavy (non-hydrogen) atoms. The maximum Gasteiger partial charge on any atom is 0.326 e. The van der Waals surface area contributed by atoms with Crippen LogP contribution in [0.15, 0.2) is 72.8 Å². The molecule has 0 aromatic heterocycles. The normalized spacial score (nSPS) is 18.1. The average Bonchev–Trinajstić information content (AvgIpc) is 3.67. The van der Waals surface area contributed by atoms with E-state index in [1.807, 2.05) is 72.8 Å². The molecule has 464 valence electrons. The van der Waals surface area contributed by atoms with Crippen LogP contribution in [0.5, 0.6) is 0 Å². The molecule has 1 saturated carbocycles. The Morgan fingerprint density at radius 3 is 1.61 bits per heavy atom. The van der Waals surface area contributed by atoms with Gasteiger partial charge < -0.3 is 62.2 Å². The van der Waals surface area contributed by atoms with Crippen LogP contribution in [0.4, 0.5) is 4.79 Å². The van der Waals surface area contributed by atoms with E-state index in [0.29, 0.717) is 38.5 Å². The molecule has 3 aromatic carbocycles. The number of hydrogen-bond acceptors (Lipinski definition) is 16. The van der Waals surface area contributed by atoms with Gasteiger partial charge in [0.25, 0.3) is 6.47 Å². The summed E-state index contributed by atoms with van der Waals surface area (Å²) in [6.45, 7) is 1.08. The molecule has 4 atom stereocenters. The van der Waals surface area contributed by atoms with Crippen LogP contribution in [-0.4, -0.2) is 227 Å². The highest BCUT2D eigenvalue weighted by Crippen LogP contribution is 2.29. The molecular formula is C58H80N10O17. The molecule has 27 heteroatoms. The molecule has 0 bridgehead atoms. The monoisotopic (exact) mass is 1190 g/mol. The summed E-state index contributed by atoms with van der Waals surface area (Å²) >= 11 is 0. The van der Waals surface area contributed by atoms with Gasteiger partial charge in [0.1, 0.15) is 18.1 Å². The van der Waals surface area contributed by atoms with Gasteiger partial charge >= 0.3 is 35.9 Å². The number of fused-ring (bicyclic) bond motifs is 1. The Bertz CT molecular complexity index is 2700. The van der Waals surface area contributed by atoms with Gasteiger partial charge in [-0.1, -0.05) is 72.8 Å². The predicted octanol–water partition coefficient (Wildman–Crippen LogP) is 0.395. The smallest absolute Gasteiger partial charge is 0.326 e. The number of carboxylic acid groups (broad SMARTS) is 5. The number of benzene rings is 3. The number of nitrogens with zero attached hydrogens (tertiary/aromatic N) is 4. The van der Waals surface area contributed by atoms with Crippen LogP contribution >= 0.6 is 0 Å². The van der Waals surface area contributed by atoms with Gasteiger partial charge in [0, 0.05) is 97.0 Å². The van der Waals surface area contributed by atoms with Gasteiger partial charge in [-0.05, 0) is 72.8 Å². The van der Waals surface area contributed by atoms with Crippen molar-refractivity contribution in [1.82, 2.24) is 51.5 Å². The van der Waals surface area contributed by atoms with E-state index in [2.05, 4.69) is 31.9 Å². The number of carboxylic acids is 5. The first-order valence-electron chi connectivity index (χ1n) is 28.6. The minimum atomic E-state index is -1.50. The first-order valence-corrected chi connectivity index (χ1v) is 28.6. The molecule has 1 aliphatic carbocycles. The number of aliphatic carboxylic acids is 5. The van der Waals surface area contributed by atoms with Crippen molar-refractivity contribution >= 4 is 76.8 Å². The van der Waals surface area contributed by atoms with Crippen molar-refractivity contribution in [1.29, 1.82) is 0 Å². The topological polar surface area (TPSA) is 383 Å². The number of unbranched alkanes of at least 4 members (excludes halogenated alkanes) is 1. The molecule has 2 fully saturated rings. The summed E-state index contributed by atoms with van der Waals surface area (Å²) in [6, 6.07) is 18.2. The maximum absolute atomic E-state index is 14.1. The SMILES string of the molecule is O=CO[C@H](CCCCNC(=O)[C@H](Cc1ccc2ccccc2c1)NC(=O)C1CCC(CNC(=O)[C@H](Cc2ccccc2)NC(=O)CN2CCN(CC(=O)O)CCN(CC(=O)O)CCN(CC(=O)O)CC2)CC1)NC(=O)N[C@@H](CCC(=O)O)C(=O)O. The lowest BCUT2D eigenvalue weighted by Gasteiger charge is -2.33. The van der Waals surface area contributed by atoms with Crippen LogP contribution < -0.4 is 31.9 Å². The molecule has 2 aliphatic rings. The Morgan fingerprint density at radius 2 is 1.06 bits per heavy atom. The summed E-state index contributed by atoms with van der Waals surface area (Å²) in [5, 5.41) is 65.3. The van der Waals surface area contributed by atoms with Crippen LogP contribution in [0.25, 0.3) is 10.8 Å². The highest BCUT2D eigenvalue weighted by atomic mass is 16.5. The number of carbonyl (C=O) groups excluding carboxylic acids is 6. The Morgan fingerprint density at radius 1 is 0.529 bits per heavy atom. The van der Waals surface area contributed by atoms with Crippen molar-refractivity contribution in [2.75, 3.05) is 91.6 Å². The molecule has 1 aliphatic heterocycles. The molecule has 0 unspecified atom stereocenters. The van der Waals surface area contributed by atoms with E-state index in [0.717, 1.165) is 21.9 Å². The number of amides is 6. The van der Waals surface area contributed by atoms with Gasteiger partial charge in [-0.25, -0.2) is 9.59 Å². The van der Waals surface area contributed by atoms with Crippen molar-refractivity contribution in [3.63, 3.8) is 0 Å². The van der Waals surface area contributed by atoms with Crippen LogP contribution in [0.3, 0.4) is 0 Å². The van der Waals surface area contributed by atoms with Crippen LogP contribution in [0.2, 0.25) is 0 Å². The van der Waals surface area contributed by atoms with Crippen molar-refractivity contribution in [2.45, 2.75) is 95.0 Å². The van der Waals surface area contributed by atoms with Crippen LogP contribution in [0, 0.1) is 11.8 Å². The van der Waals surface area contributed by atoms with E-state index in [9.17, 15) is 73.2 Å². The van der Waals surface area contributed by atoms with Crippen molar-refractivity contribution in [2.24, 2.45) is 11.8 Å². The number of hydrogen-bond donors (Lipinski definition) is 11. The van der Waals surface area contributed by atoms with Crippen molar-refractivity contribution < 1.29 is 83.0 Å². The summed E-state index contributed by atoms with van der Waals surface area (Å²) < 4.78 is 4.96. The summed E-state index contributed by atoms with van der Waals surface area (Å²) in [5.74, 6) is -8.01. The Hall–Kier alpha value is -8.27. The molecule has 0 spiro atoms. The first kappa shape index (κ1) is 67.5. The van der Waals surface area contributed by atoms with E-state index < -0.39 is 90.3 Å². The summed E-state index contributed by atoms with van der Waals surface area (Å²) in [6.07, 6.45) is 1.16. The van der Waals surface area contributed by atoms with Gasteiger partial charge in [0.15, 0.2) is 6.23 Å². The third-order valence-corrected chi connectivity index (χ3v) is 14.9. The summed E-state index contributed by atoms with van der Waals surface area (Å²) in [7, 11) is 0. The molecule has 5 rings (SSSR count). The van der Waals surface area contributed by atoms with Gasteiger partial charge in [-0.3, -0.25) is 62.8 Å². The molecule has 0 radical (unpaired) electrons. The lowest BCUT2D eigenvalue weighted by molar-refractivity contribution is -0.141. The fourth-order valence-corrected chi connectivity index (χ4v) is 10.3. The van der Waals surface area contributed by atoms with Crippen molar-refractivity contribution in [3.05, 3.63) is 83.9 Å². The van der Waals surface area contributed by atoms with E-state index in [4.69, 9.17) is 9.84 Å². The highest BCUT2D eigenvalue weighted by molar-refractivity contribution is 5.90. The minimum Gasteiger partial charge on any atom is -0.481 e. The highest BCUT2D eigenvalue weighted by Gasteiger charge is 2.32. The molecule has 1 heterocycles. The lowest BCUT2D eigenvalue weighted by Crippen LogP contribution is -2.53. The van der Waals surface area contributed by atoms with Gasteiger partial charge in [-0.2, -0.15) is 0 Å². The zero-order chi connectivity index (χ0) is 61.7. The number of rotatable bonds is 32. The van der Waals surface area contributed by atoms with Crippen LogP contribution in [-0.2, 0) is 65.5 Å². The second-order valence-corrected chi connectivity index (χ2v) is 21.5. The average molecular weight is 1190 g/mol. The predicted molar refractivity (Wildman–Crippen MR) is 307 cm³/mol. The third kappa shape index (κ3) is 25.6. The van der Waals surface area contributed by atoms with E-state index in [-0.39, 0.29) is 136 Å². The second kappa shape index (κ2) is 35.8. The second-order valence-electron chi connectivity index (χ2n) is 21.5. The zero-order valence-corrected chi connectivity index (χ0v) is 47.6. The quantitative estimate of drug-likeness (QED) is 0.0229. The molecule has 11 N–H and O–H groups in total. The Kier molecular flexibility index (Phi) is 28.4. The molecule has 27 nitrogen and oxygen atoms in total. The van der Waals surface area contributed by atoms with Gasteiger partial charge in [-0.15, -0.1) is 0 Å². The van der Waals surface area contributed by atoms with E-state index in [1.54, 1.807) is 19.6 Å². The zero-order valence-electron chi connectivity index (χ0n) is 47.6. The number of carbonyl (C=O) groups is 11. The fourth-order valence-electron chi connectivity index (χ4n) is 10.3. The molecule has 3 aromatic rings. The first-order chi connectivity index (χ1) is 40.7. The maximum atomic E-state index is 14.1. The summed E-state index contributed by atoms with van der Waals surface area (Å²) in [5.41, 5.74) is 1.60. The van der Waals surface area contributed by atoms with Crippen molar-refractivity contribution in [3.8, 4) is 0 Å². The molecular weight excluding hydrogens is 1110 g/mol. The largest absolute Gasteiger partial charge is 0.481 e.